The molecule has 2 aromatic heterocycles. The molecular formula is C23H35N6O6+. The summed E-state index contributed by atoms with van der Waals surface area (Å²) in [6.45, 7) is 0. The summed E-state index contributed by atoms with van der Waals surface area (Å²) in [6, 6.07) is 0. The minimum atomic E-state index is -0.612. The first-order valence-electron chi connectivity index (χ1n) is 12.4. The molecule has 0 atom stereocenters. The fourth-order valence-electron chi connectivity index (χ4n) is 3.88. The van der Waals surface area contributed by atoms with Gasteiger partial charge in [-0.3, -0.25) is 4.79 Å². The van der Waals surface area contributed by atoms with Gasteiger partial charge in [-0.25, -0.2) is 9.36 Å². The van der Waals surface area contributed by atoms with Crippen LogP contribution in [-0.4, -0.2) is 35.8 Å². The molecule has 0 saturated heterocycles. The molecule has 2 heterocycles. The minimum absolute atomic E-state index is 0.134. The lowest BCUT2D eigenvalue weighted by atomic mass is 10.0. The molecule has 0 spiro atoms. The van der Waals surface area contributed by atoms with E-state index in [9.17, 15) is 29.8 Å². The number of imidazole rings is 2. The maximum atomic E-state index is 12.0. The molecule has 0 unspecified atom stereocenters. The lowest BCUT2D eigenvalue weighted by Crippen LogP contribution is -2.09. The van der Waals surface area contributed by atoms with E-state index in [-0.39, 0.29) is 23.5 Å². The van der Waals surface area contributed by atoms with Gasteiger partial charge in [0.2, 0.25) is 18.4 Å². The summed E-state index contributed by atoms with van der Waals surface area (Å²) < 4.78 is 2.44. The number of unbranched alkanes of at least 4 members (excludes halogenated alkanes) is 12. The van der Waals surface area contributed by atoms with Crippen LogP contribution in [0.5, 0.6) is 0 Å². The van der Waals surface area contributed by atoms with Crippen LogP contribution in [0, 0.1) is 20.2 Å². The summed E-state index contributed by atoms with van der Waals surface area (Å²) in [5.41, 5.74) is 0. The molecule has 0 aromatic carbocycles. The van der Waals surface area contributed by atoms with Crippen molar-refractivity contribution in [2.75, 3.05) is 0 Å². The summed E-state index contributed by atoms with van der Waals surface area (Å²) in [5, 5.41) is 21.2. The van der Waals surface area contributed by atoms with Crippen molar-refractivity contribution in [3.05, 3.63) is 45.3 Å². The molecule has 12 nitrogen and oxygen atoms in total. The average molecular weight is 492 g/mol. The van der Waals surface area contributed by atoms with E-state index < -0.39 is 9.85 Å². The lowest BCUT2D eigenvalue weighted by molar-refractivity contribution is -0.524. The van der Waals surface area contributed by atoms with Crippen LogP contribution in [0.4, 0.5) is 11.6 Å². The van der Waals surface area contributed by atoms with Gasteiger partial charge in [0, 0.05) is 11.3 Å². The number of rotatable bonds is 18. The second-order valence-corrected chi connectivity index (χ2v) is 8.73. The van der Waals surface area contributed by atoms with Crippen molar-refractivity contribution in [1.29, 1.82) is 0 Å². The first-order chi connectivity index (χ1) is 16.9. The van der Waals surface area contributed by atoms with Gasteiger partial charge in [-0.05, 0) is 22.7 Å². The van der Waals surface area contributed by atoms with Crippen LogP contribution in [0.15, 0.2) is 25.0 Å². The Bertz CT molecular complexity index is 893. The zero-order chi connectivity index (χ0) is 25.5. The van der Waals surface area contributed by atoms with E-state index in [1.54, 1.807) is 0 Å². The third kappa shape index (κ3) is 10.6. The first kappa shape index (κ1) is 27.8. The number of hydrogen-bond donors (Lipinski definition) is 0. The molecule has 12 heteroatoms. The van der Waals surface area contributed by atoms with E-state index in [2.05, 4.69) is 9.97 Å². The monoisotopic (exact) mass is 491 g/mol. The predicted molar refractivity (Wildman–Crippen MR) is 127 cm³/mol. The number of carbonyl (C=O) groups excluding carboxylic acids is 2. The molecule has 0 aliphatic heterocycles. The van der Waals surface area contributed by atoms with Crippen LogP contribution >= 0.6 is 0 Å². The fourth-order valence-corrected chi connectivity index (χ4v) is 3.88. The van der Waals surface area contributed by atoms with E-state index in [1.165, 1.54) is 60.1 Å². The molecule has 192 valence electrons. The SMILES string of the molecule is O=C(CCCCCCCCCCCCCCCC(=O)n1c[nH+]c([N+](=O)[O-])c1)n1cnc([N+](=O)[O-])c1. The van der Waals surface area contributed by atoms with Crippen LogP contribution in [0.3, 0.4) is 0 Å². The van der Waals surface area contributed by atoms with Gasteiger partial charge in [-0.1, -0.05) is 70.6 Å². The number of nitrogens with zero attached hydrogens (tertiary/aromatic N) is 5. The van der Waals surface area contributed by atoms with Gasteiger partial charge in [0.05, 0.1) is 6.42 Å². The fraction of sp³-hybridized carbons (Fsp3) is 0.652. The minimum Gasteiger partial charge on any atom is -0.358 e. The van der Waals surface area contributed by atoms with Crippen molar-refractivity contribution in [3.8, 4) is 0 Å². The highest BCUT2D eigenvalue weighted by molar-refractivity contribution is 5.79. The molecule has 35 heavy (non-hydrogen) atoms. The van der Waals surface area contributed by atoms with E-state index >= 15 is 0 Å². The summed E-state index contributed by atoms with van der Waals surface area (Å²) in [7, 11) is 0. The van der Waals surface area contributed by atoms with Gasteiger partial charge >= 0.3 is 23.9 Å². The molecule has 2 aromatic rings. The van der Waals surface area contributed by atoms with Crippen LogP contribution in [0.25, 0.3) is 0 Å². The molecule has 0 aliphatic carbocycles. The van der Waals surface area contributed by atoms with Crippen LogP contribution in [0.1, 0.15) is 106 Å². The highest BCUT2D eigenvalue weighted by atomic mass is 16.6. The smallest absolute Gasteiger partial charge is 0.358 e. The summed E-state index contributed by atoms with van der Waals surface area (Å²) in [5.74, 6) is -0.796. The number of aromatic nitrogens is 4. The summed E-state index contributed by atoms with van der Waals surface area (Å²) in [4.78, 5) is 50.1. The Morgan fingerprint density at radius 1 is 0.714 bits per heavy atom. The largest absolute Gasteiger partial charge is 0.432 e. The zero-order valence-corrected chi connectivity index (χ0v) is 20.1. The second kappa shape index (κ2) is 15.5. The lowest BCUT2D eigenvalue weighted by Gasteiger charge is -2.03. The molecule has 0 radical (unpaired) electrons. The predicted octanol–water partition coefficient (Wildman–Crippen LogP) is 5.15. The molecule has 0 saturated carbocycles. The normalized spacial score (nSPS) is 11.0. The molecule has 1 N–H and O–H groups in total. The van der Waals surface area contributed by atoms with E-state index in [1.807, 2.05) is 0 Å². The average Bonchev–Trinajstić information content (AvgIpc) is 3.52. The van der Waals surface area contributed by atoms with Gasteiger partial charge in [-0.15, -0.1) is 4.57 Å². The molecule has 0 fully saturated rings. The Labute approximate surface area is 204 Å². The summed E-state index contributed by atoms with van der Waals surface area (Å²) >= 11 is 0. The second-order valence-electron chi connectivity index (χ2n) is 8.73. The van der Waals surface area contributed by atoms with Crippen LogP contribution < -0.4 is 4.98 Å². The van der Waals surface area contributed by atoms with Crippen LogP contribution in [0.2, 0.25) is 0 Å². The Morgan fingerprint density at radius 2 is 1.17 bits per heavy atom. The molecule has 0 bridgehead atoms. The number of hydrogen-bond acceptors (Lipinski definition) is 7. The van der Waals surface area contributed by atoms with Crippen LogP contribution in [-0.2, 0) is 0 Å². The Kier molecular flexibility index (Phi) is 12.3. The maximum absolute atomic E-state index is 12.0. The summed E-state index contributed by atoms with van der Waals surface area (Å²) in [6.07, 6.45) is 19.7. The Morgan fingerprint density at radius 3 is 1.57 bits per heavy atom. The first-order valence-corrected chi connectivity index (χ1v) is 12.4. The number of nitro groups is 2. The van der Waals surface area contributed by atoms with Crippen molar-refractivity contribution >= 4 is 23.5 Å². The quantitative estimate of drug-likeness (QED) is 0.158. The Hall–Kier alpha value is -3.44. The third-order valence-corrected chi connectivity index (χ3v) is 5.92. The standard InChI is InChI=1S/C23H34N6O6/c30-22(26-16-20(24-18-26)28(32)33)14-12-10-8-6-4-2-1-3-5-7-9-11-13-15-23(31)27-17-21(25-19-27)29(34)35/h16-19H,1-15H2/p+1. The highest BCUT2D eigenvalue weighted by Crippen LogP contribution is 2.14. The van der Waals surface area contributed by atoms with E-state index in [0.29, 0.717) is 12.8 Å². The number of aromatic amines is 1. The number of carbonyl (C=O) groups is 2. The van der Waals surface area contributed by atoms with E-state index in [0.717, 1.165) is 57.6 Å². The molecule has 0 aliphatic rings. The van der Waals surface area contributed by atoms with Gasteiger partial charge in [0.15, 0.2) is 0 Å². The molecule has 0 amide bonds. The third-order valence-electron chi connectivity index (χ3n) is 5.92. The number of nitrogens with one attached hydrogen (secondary N) is 1. The highest BCUT2D eigenvalue weighted by Gasteiger charge is 2.20. The van der Waals surface area contributed by atoms with Gasteiger partial charge < -0.3 is 20.2 Å². The van der Waals surface area contributed by atoms with E-state index in [4.69, 9.17) is 0 Å². The van der Waals surface area contributed by atoms with Crippen molar-refractivity contribution in [2.24, 2.45) is 0 Å². The van der Waals surface area contributed by atoms with Crippen molar-refractivity contribution in [3.63, 3.8) is 0 Å². The van der Waals surface area contributed by atoms with Gasteiger partial charge in [-0.2, -0.15) is 4.98 Å². The van der Waals surface area contributed by atoms with Crippen molar-refractivity contribution in [1.82, 2.24) is 14.1 Å². The maximum Gasteiger partial charge on any atom is 0.432 e. The van der Waals surface area contributed by atoms with Gasteiger partial charge in [0.25, 0.3) is 0 Å². The Balaban J connectivity index is 1.35. The number of H-pyrrole nitrogens is 1. The van der Waals surface area contributed by atoms with Crippen molar-refractivity contribution in [2.45, 2.75) is 96.3 Å². The van der Waals surface area contributed by atoms with Gasteiger partial charge in [0.1, 0.15) is 6.20 Å². The molecular weight excluding hydrogens is 456 g/mol. The topological polar surface area (TPSA) is 157 Å². The molecule has 2 rings (SSSR count). The van der Waals surface area contributed by atoms with Crippen molar-refractivity contribution < 1.29 is 24.4 Å². The zero-order valence-electron chi connectivity index (χ0n) is 20.1.